The quantitative estimate of drug-likeness (QED) is 0.921. The van der Waals surface area contributed by atoms with E-state index < -0.39 is 0 Å². The SMILES string of the molecule is CN1C2=C(CC(=O)C=C2)SC1CCNC(=O)c1ccc(F)cc1. The van der Waals surface area contributed by atoms with Crippen LogP contribution in [0.5, 0.6) is 0 Å². The molecule has 0 radical (unpaired) electrons. The zero-order valence-electron chi connectivity index (χ0n) is 12.7. The molecule has 1 heterocycles. The van der Waals surface area contributed by atoms with Crippen LogP contribution in [0.3, 0.4) is 0 Å². The van der Waals surface area contributed by atoms with E-state index in [9.17, 15) is 14.0 Å². The van der Waals surface area contributed by atoms with Crippen LogP contribution >= 0.6 is 11.8 Å². The average molecular weight is 332 g/mol. The van der Waals surface area contributed by atoms with Gasteiger partial charge in [0.25, 0.3) is 5.91 Å². The van der Waals surface area contributed by atoms with Crippen LogP contribution in [-0.2, 0) is 4.79 Å². The van der Waals surface area contributed by atoms with Crippen LogP contribution in [0.25, 0.3) is 0 Å². The van der Waals surface area contributed by atoms with E-state index in [1.165, 1.54) is 24.3 Å². The molecule has 23 heavy (non-hydrogen) atoms. The molecule has 0 bridgehead atoms. The Bertz CT molecular complexity index is 697. The van der Waals surface area contributed by atoms with Crippen molar-refractivity contribution in [2.75, 3.05) is 13.6 Å². The fourth-order valence-corrected chi connectivity index (χ4v) is 4.05. The van der Waals surface area contributed by atoms with Crippen molar-refractivity contribution in [3.8, 4) is 0 Å². The summed E-state index contributed by atoms with van der Waals surface area (Å²) in [4.78, 5) is 26.7. The molecule has 3 rings (SSSR count). The fraction of sp³-hybridized carbons (Fsp3) is 0.294. The molecule has 1 aliphatic carbocycles. The van der Waals surface area contributed by atoms with Crippen LogP contribution in [0.1, 0.15) is 23.2 Å². The molecule has 1 atom stereocenters. The second-order valence-electron chi connectivity index (χ2n) is 5.52. The predicted molar refractivity (Wildman–Crippen MR) is 88.3 cm³/mol. The van der Waals surface area contributed by atoms with Gasteiger partial charge in [-0.15, -0.1) is 11.8 Å². The van der Waals surface area contributed by atoms with Gasteiger partial charge in [-0.1, -0.05) is 0 Å². The monoisotopic (exact) mass is 332 g/mol. The molecule has 1 aromatic rings. The highest BCUT2D eigenvalue weighted by molar-refractivity contribution is 8.03. The lowest BCUT2D eigenvalue weighted by molar-refractivity contribution is -0.114. The number of carbonyl (C=O) groups excluding carboxylic acids is 2. The van der Waals surface area contributed by atoms with Crippen molar-refractivity contribution in [2.45, 2.75) is 18.2 Å². The minimum absolute atomic E-state index is 0.134. The van der Waals surface area contributed by atoms with E-state index in [2.05, 4.69) is 10.2 Å². The number of nitrogens with zero attached hydrogens (tertiary/aromatic N) is 1. The number of ketones is 1. The number of rotatable bonds is 4. The second kappa shape index (κ2) is 6.58. The molecule has 1 unspecified atom stereocenters. The zero-order chi connectivity index (χ0) is 16.4. The van der Waals surface area contributed by atoms with Crippen molar-refractivity contribution < 1.29 is 14.0 Å². The maximum Gasteiger partial charge on any atom is 0.251 e. The topological polar surface area (TPSA) is 49.4 Å². The van der Waals surface area contributed by atoms with E-state index in [1.54, 1.807) is 17.8 Å². The first-order valence-electron chi connectivity index (χ1n) is 7.42. The summed E-state index contributed by atoms with van der Waals surface area (Å²) in [5.74, 6) is -0.428. The van der Waals surface area contributed by atoms with Crippen LogP contribution in [0.2, 0.25) is 0 Å². The van der Waals surface area contributed by atoms with Crippen molar-refractivity contribution in [1.82, 2.24) is 10.2 Å². The summed E-state index contributed by atoms with van der Waals surface area (Å²) in [6, 6.07) is 5.49. The van der Waals surface area contributed by atoms with E-state index in [4.69, 9.17) is 0 Å². The number of amides is 1. The summed E-state index contributed by atoms with van der Waals surface area (Å²) in [6.45, 7) is 0.524. The number of nitrogens with one attached hydrogen (secondary N) is 1. The molecule has 2 aliphatic rings. The molecule has 1 N–H and O–H groups in total. The maximum atomic E-state index is 12.8. The van der Waals surface area contributed by atoms with Gasteiger partial charge in [0.15, 0.2) is 5.78 Å². The Kier molecular flexibility index (Phi) is 4.52. The lowest BCUT2D eigenvalue weighted by Gasteiger charge is -2.23. The Balaban J connectivity index is 1.50. The summed E-state index contributed by atoms with van der Waals surface area (Å²) in [5, 5.41) is 3.06. The number of hydrogen-bond donors (Lipinski definition) is 1. The largest absolute Gasteiger partial charge is 0.362 e. The molecular formula is C17H17FN2O2S. The van der Waals surface area contributed by atoms with Crippen molar-refractivity contribution in [3.05, 3.63) is 58.4 Å². The number of hydrogen-bond acceptors (Lipinski definition) is 4. The molecule has 0 saturated carbocycles. The van der Waals surface area contributed by atoms with E-state index in [1.807, 2.05) is 13.1 Å². The third kappa shape index (κ3) is 3.47. The van der Waals surface area contributed by atoms with Gasteiger partial charge in [-0.05, 0) is 42.8 Å². The molecule has 1 aromatic carbocycles. The molecule has 0 fully saturated rings. The Morgan fingerprint density at radius 3 is 2.83 bits per heavy atom. The highest BCUT2D eigenvalue weighted by Gasteiger charge is 2.30. The number of carbonyl (C=O) groups is 2. The predicted octanol–water partition coefficient (Wildman–Crippen LogP) is 2.69. The van der Waals surface area contributed by atoms with Gasteiger partial charge in [0.05, 0.1) is 5.37 Å². The standard InChI is InChI=1S/C17H17FN2O2S/c1-20-14-7-6-13(21)10-15(14)23-16(20)8-9-19-17(22)11-2-4-12(18)5-3-11/h2-7,16H,8-10H2,1H3,(H,19,22). The minimum Gasteiger partial charge on any atom is -0.362 e. The molecule has 0 spiro atoms. The second-order valence-corrected chi connectivity index (χ2v) is 6.79. The van der Waals surface area contributed by atoms with Gasteiger partial charge >= 0.3 is 0 Å². The smallest absolute Gasteiger partial charge is 0.251 e. The summed E-state index contributed by atoms with van der Waals surface area (Å²) >= 11 is 1.69. The molecule has 0 aromatic heterocycles. The van der Waals surface area contributed by atoms with Crippen molar-refractivity contribution in [1.29, 1.82) is 0 Å². The van der Waals surface area contributed by atoms with Gasteiger partial charge in [0, 0.05) is 36.2 Å². The van der Waals surface area contributed by atoms with Crippen molar-refractivity contribution in [2.24, 2.45) is 0 Å². The lowest BCUT2D eigenvalue weighted by Crippen LogP contribution is -2.31. The van der Waals surface area contributed by atoms with Gasteiger partial charge in [-0.2, -0.15) is 0 Å². The Morgan fingerprint density at radius 2 is 2.09 bits per heavy atom. The third-order valence-corrected chi connectivity index (χ3v) is 5.38. The Morgan fingerprint density at radius 1 is 1.35 bits per heavy atom. The molecular weight excluding hydrogens is 315 g/mol. The van der Waals surface area contributed by atoms with Gasteiger partial charge in [0.1, 0.15) is 5.82 Å². The van der Waals surface area contributed by atoms with Crippen LogP contribution in [0.15, 0.2) is 47.0 Å². The highest BCUT2D eigenvalue weighted by Crippen LogP contribution is 2.42. The first kappa shape index (κ1) is 15.8. The van der Waals surface area contributed by atoms with Gasteiger partial charge in [0.2, 0.25) is 0 Å². The van der Waals surface area contributed by atoms with Gasteiger partial charge in [-0.3, -0.25) is 9.59 Å². The first-order chi connectivity index (χ1) is 11.0. The molecule has 1 aliphatic heterocycles. The van der Waals surface area contributed by atoms with E-state index in [-0.39, 0.29) is 22.9 Å². The molecule has 0 saturated heterocycles. The normalized spacial score (nSPS) is 20.0. The number of benzene rings is 1. The third-order valence-electron chi connectivity index (χ3n) is 3.92. The van der Waals surface area contributed by atoms with Crippen LogP contribution in [0.4, 0.5) is 4.39 Å². The van der Waals surface area contributed by atoms with E-state index in [0.29, 0.717) is 18.5 Å². The maximum absolute atomic E-state index is 12.8. The molecule has 120 valence electrons. The van der Waals surface area contributed by atoms with Crippen LogP contribution in [0, 0.1) is 5.82 Å². The van der Waals surface area contributed by atoms with E-state index >= 15 is 0 Å². The first-order valence-corrected chi connectivity index (χ1v) is 8.30. The fourth-order valence-electron chi connectivity index (χ4n) is 2.65. The van der Waals surface area contributed by atoms with Gasteiger partial charge in [-0.25, -0.2) is 4.39 Å². The average Bonchev–Trinajstić information content (AvgIpc) is 2.83. The number of allylic oxidation sites excluding steroid dienone is 3. The highest BCUT2D eigenvalue weighted by atomic mass is 32.2. The van der Waals surface area contributed by atoms with Gasteiger partial charge < -0.3 is 10.2 Å². The minimum atomic E-state index is -0.357. The number of likely N-dealkylation sites (N-methyl/N-ethyl adjacent to an activating group) is 1. The lowest BCUT2D eigenvalue weighted by atomic mass is 10.1. The molecule has 6 heteroatoms. The number of thioether (sulfide) groups is 1. The number of halogens is 1. The zero-order valence-corrected chi connectivity index (χ0v) is 13.5. The summed E-state index contributed by atoms with van der Waals surface area (Å²) < 4.78 is 12.8. The van der Waals surface area contributed by atoms with E-state index in [0.717, 1.165) is 17.0 Å². The summed E-state index contributed by atoms with van der Waals surface area (Å²) in [7, 11) is 2.00. The molecule has 1 amide bonds. The summed E-state index contributed by atoms with van der Waals surface area (Å²) in [5.41, 5.74) is 1.55. The van der Waals surface area contributed by atoms with Crippen molar-refractivity contribution >= 4 is 23.5 Å². The summed E-state index contributed by atoms with van der Waals surface area (Å²) in [6.07, 6.45) is 4.72. The van der Waals surface area contributed by atoms with Crippen molar-refractivity contribution in [3.63, 3.8) is 0 Å². The Hall–Kier alpha value is -2.08. The van der Waals surface area contributed by atoms with Crippen LogP contribution < -0.4 is 5.32 Å². The Labute approximate surface area is 138 Å². The molecule has 4 nitrogen and oxygen atoms in total. The van der Waals surface area contributed by atoms with Crippen LogP contribution in [-0.4, -0.2) is 35.6 Å².